The van der Waals surface area contributed by atoms with Crippen molar-refractivity contribution in [3.05, 3.63) is 28.3 Å². The monoisotopic (exact) mass is 379 g/mol. The van der Waals surface area contributed by atoms with Gasteiger partial charge in [-0.1, -0.05) is 33.6 Å². The molecule has 20 heavy (non-hydrogen) atoms. The van der Waals surface area contributed by atoms with E-state index in [-0.39, 0.29) is 5.91 Å². The second-order valence-electron chi connectivity index (χ2n) is 5.49. The third-order valence-electron chi connectivity index (χ3n) is 3.69. The number of carbonyl (C=O) groups is 1. The Morgan fingerprint density at radius 3 is 2.55 bits per heavy atom. The Kier molecular flexibility index (Phi) is 3.95. The molecule has 0 saturated carbocycles. The van der Waals surface area contributed by atoms with Gasteiger partial charge in [0.2, 0.25) is 5.91 Å². The molecule has 1 aromatic rings. The van der Waals surface area contributed by atoms with Crippen molar-refractivity contribution in [3.8, 4) is 0 Å². The first-order chi connectivity index (χ1) is 9.04. The smallest absolute Gasteiger partial charge is 0.228 e. The molecule has 0 aliphatic carbocycles. The zero-order valence-electron chi connectivity index (χ0n) is 11.3. The summed E-state index contributed by atoms with van der Waals surface area (Å²) in [5, 5.41) is 3.15. The van der Waals surface area contributed by atoms with Crippen molar-refractivity contribution < 1.29 is 13.2 Å². The number of anilines is 1. The molecule has 1 aromatic carbocycles. The maximum atomic E-state index is 11.9. The average molecular weight is 381 g/mol. The van der Waals surface area contributed by atoms with Gasteiger partial charge in [-0.05, 0) is 31.0 Å². The number of carbonyl (C=O) groups excluding carboxylic acids is 1. The Balaban J connectivity index is 2.50. The molecule has 7 heteroatoms. The molecule has 0 bridgehead atoms. The SMILES string of the molecule is CC(C)(C(Br)c1cc2c(cc1Cl)NC(=O)C2)S(C)(=O)=O. The van der Waals surface area contributed by atoms with Crippen LogP contribution in [0.5, 0.6) is 0 Å². The highest BCUT2D eigenvalue weighted by Crippen LogP contribution is 2.44. The lowest BCUT2D eigenvalue weighted by Crippen LogP contribution is -2.35. The van der Waals surface area contributed by atoms with Crippen LogP contribution in [-0.2, 0) is 21.1 Å². The quantitative estimate of drug-likeness (QED) is 0.820. The Morgan fingerprint density at radius 1 is 1.40 bits per heavy atom. The molecular weight excluding hydrogens is 366 g/mol. The first-order valence-corrected chi connectivity index (χ1v) is 9.18. The Hall–Kier alpha value is -0.590. The third kappa shape index (κ3) is 2.61. The number of benzene rings is 1. The van der Waals surface area contributed by atoms with E-state index in [1.54, 1.807) is 26.0 Å². The minimum atomic E-state index is -3.28. The lowest BCUT2D eigenvalue weighted by molar-refractivity contribution is -0.115. The van der Waals surface area contributed by atoms with E-state index in [0.29, 0.717) is 22.7 Å². The van der Waals surface area contributed by atoms with Crippen LogP contribution in [0.15, 0.2) is 12.1 Å². The van der Waals surface area contributed by atoms with Crippen LogP contribution in [0.3, 0.4) is 0 Å². The van der Waals surface area contributed by atoms with E-state index in [9.17, 15) is 13.2 Å². The standard InChI is InChI=1S/C13H15BrClNO3S/c1-13(2,20(3,18)19)12(14)8-4-7-5-11(17)16-10(7)6-9(8)15/h4,6,12H,5H2,1-3H3,(H,16,17). The van der Waals surface area contributed by atoms with Gasteiger partial charge in [-0.15, -0.1) is 0 Å². The summed E-state index contributed by atoms with van der Waals surface area (Å²) in [4.78, 5) is 10.9. The predicted molar refractivity (Wildman–Crippen MR) is 84.4 cm³/mol. The van der Waals surface area contributed by atoms with Crippen LogP contribution in [0.2, 0.25) is 5.02 Å². The van der Waals surface area contributed by atoms with Gasteiger partial charge in [-0.2, -0.15) is 0 Å². The molecule has 1 aliphatic heterocycles. The Morgan fingerprint density at radius 2 is 2.00 bits per heavy atom. The van der Waals surface area contributed by atoms with E-state index in [0.717, 1.165) is 5.56 Å². The van der Waals surface area contributed by atoms with Crippen molar-refractivity contribution in [2.24, 2.45) is 0 Å². The summed E-state index contributed by atoms with van der Waals surface area (Å²) in [6.45, 7) is 3.30. The summed E-state index contributed by atoms with van der Waals surface area (Å²) in [5.41, 5.74) is 2.21. The molecule has 0 radical (unpaired) electrons. The average Bonchev–Trinajstić information content (AvgIpc) is 2.64. The number of alkyl halides is 1. The van der Waals surface area contributed by atoms with Gasteiger partial charge in [0.1, 0.15) is 0 Å². The molecule has 1 aliphatic rings. The fourth-order valence-electron chi connectivity index (χ4n) is 2.02. The maximum absolute atomic E-state index is 11.9. The summed E-state index contributed by atoms with van der Waals surface area (Å²) in [7, 11) is -3.28. The highest BCUT2D eigenvalue weighted by Gasteiger charge is 2.39. The predicted octanol–water partition coefficient (Wildman–Crippen LogP) is 3.09. The van der Waals surface area contributed by atoms with Gasteiger partial charge in [-0.25, -0.2) is 8.42 Å². The van der Waals surface area contributed by atoms with Crippen molar-refractivity contribution in [3.63, 3.8) is 0 Å². The number of rotatable bonds is 3. The number of halogens is 2. The summed E-state index contributed by atoms with van der Waals surface area (Å²) >= 11 is 9.68. The summed E-state index contributed by atoms with van der Waals surface area (Å²) in [6, 6.07) is 3.46. The number of sulfone groups is 1. The zero-order chi connectivity index (χ0) is 15.3. The normalized spacial score (nSPS) is 16.8. The van der Waals surface area contributed by atoms with E-state index in [2.05, 4.69) is 21.2 Å². The largest absolute Gasteiger partial charge is 0.325 e. The summed E-state index contributed by atoms with van der Waals surface area (Å²) < 4.78 is 22.8. The van der Waals surface area contributed by atoms with E-state index in [1.165, 1.54) is 6.26 Å². The third-order valence-corrected chi connectivity index (χ3v) is 8.10. The van der Waals surface area contributed by atoms with Gasteiger partial charge in [-0.3, -0.25) is 4.79 Å². The Bertz CT molecular complexity index is 685. The fraction of sp³-hybridized carbons (Fsp3) is 0.462. The molecule has 1 heterocycles. The van der Waals surface area contributed by atoms with Crippen LogP contribution in [0, 0.1) is 0 Å². The van der Waals surface area contributed by atoms with Crippen LogP contribution in [0.25, 0.3) is 0 Å². The van der Waals surface area contributed by atoms with E-state index in [1.807, 2.05) is 0 Å². The van der Waals surface area contributed by atoms with Crippen molar-refractivity contribution >= 4 is 49.0 Å². The van der Waals surface area contributed by atoms with Gasteiger partial charge < -0.3 is 5.32 Å². The van der Waals surface area contributed by atoms with Crippen molar-refractivity contribution in [2.45, 2.75) is 29.8 Å². The molecule has 0 aromatic heterocycles. The highest BCUT2D eigenvalue weighted by molar-refractivity contribution is 9.09. The van der Waals surface area contributed by atoms with E-state index >= 15 is 0 Å². The first-order valence-electron chi connectivity index (χ1n) is 6.00. The van der Waals surface area contributed by atoms with Gasteiger partial charge in [0.05, 0.1) is 16.0 Å². The molecule has 0 saturated heterocycles. The summed E-state index contributed by atoms with van der Waals surface area (Å²) in [5.74, 6) is -0.0817. The molecule has 0 spiro atoms. The molecule has 2 rings (SSSR count). The van der Waals surface area contributed by atoms with Crippen molar-refractivity contribution in [1.82, 2.24) is 0 Å². The number of nitrogens with one attached hydrogen (secondary N) is 1. The van der Waals surface area contributed by atoms with E-state index in [4.69, 9.17) is 11.6 Å². The van der Waals surface area contributed by atoms with Gasteiger partial charge in [0, 0.05) is 17.0 Å². The van der Waals surface area contributed by atoms with Crippen molar-refractivity contribution in [2.75, 3.05) is 11.6 Å². The maximum Gasteiger partial charge on any atom is 0.228 e. The van der Waals surface area contributed by atoms with Crippen LogP contribution in [0.1, 0.15) is 29.8 Å². The number of fused-ring (bicyclic) bond motifs is 1. The van der Waals surface area contributed by atoms with Gasteiger partial charge in [0.15, 0.2) is 9.84 Å². The van der Waals surface area contributed by atoms with Gasteiger partial charge >= 0.3 is 0 Å². The lowest BCUT2D eigenvalue weighted by Gasteiger charge is -2.29. The molecule has 1 N–H and O–H groups in total. The molecule has 1 atom stereocenters. The second-order valence-corrected chi connectivity index (χ2v) is 9.41. The van der Waals surface area contributed by atoms with Crippen LogP contribution < -0.4 is 5.32 Å². The molecule has 1 unspecified atom stereocenters. The molecule has 110 valence electrons. The number of amides is 1. The summed E-state index contributed by atoms with van der Waals surface area (Å²) in [6.07, 6.45) is 1.49. The minimum absolute atomic E-state index is 0.0817. The second kappa shape index (κ2) is 5.00. The van der Waals surface area contributed by atoms with Crippen LogP contribution in [0.4, 0.5) is 5.69 Å². The first kappa shape index (κ1) is 15.8. The molecule has 0 fully saturated rings. The van der Waals surface area contributed by atoms with Gasteiger partial charge in [0.25, 0.3) is 0 Å². The molecule has 1 amide bonds. The minimum Gasteiger partial charge on any atom is -0.325 e. The van der Waals surface area contributed by atoms with Crippen LogP contribution >= 0.6 is 27.5 Å². The van der Waals surface area contributed by atoms with E-state index < -0.39 is 19.4 Å². The Labute approximate surface area is 131 Å². The number of hydrogen-bond acceptors (Lipinski definition) is 3. The van der Waals surface area contributed by atoms with Crippen LogP contribution in [-0.4, -0.2) is 25.3 Å². The fourth-order valence-corrected chi connectivity index (χ4v) is 4.33. The topological polar surface area (TPSA) is 63.2 Å². The lowest BCUT2D eigenvalue weighted by atomic mass is 9.99. The highest BCUT2D eigenvalue weighted by atomic mass is 79.9. The molecular formula is C13H15BrClNO3S. The zero-order valence-corrected chi connectivity index (χ0v) is 14.5. The molecule has 4 nitrogen and oxygen atoms in total. The van der Waals surface area contributed by atoms with Crippen molar-refractivity contribution in [1.29, 1.82) is 0 Å². The number of hydrogen-bond donors (Lipinski definition) is 1.